The fraction of sp³-hybridized carbons (Fsp3) is 0.282. The molecule has 15 heteroatoms. The number of para-hydroxylation sites is 1. The average Bonchev–Trinajstić information content (AvgIpc) is 3.17. The Balaban J connectivity index is 1.34. The van der Waals surface area contributed by atoms with Crippen LogP contribution in [0.15, 0.2) is 78.9 Å². The minimum atomic E-state index is -0.897. The van der Waals surface area contributed by atoms with Gasteiger partial charge in [0.1, 0.15) is 23.6 Å². The van der Waals surface area contributed by atoms with Crippen LogP contribution in [0.4, 0.5) is 21.9 Å². The van der Waals surface area contributed by atoms with Crippen molar-refractivity contribution in [2.45, 2.75) is 45.4 Å². The molecule has 0 aliphatic rings. The maximum absolute atomic E-state index is 13.1. The number of carbonyl (C=O) groups is 4. The molecular formula is C39H45N9O6. The maximum Gasteiger partial charge on any atom is 0.312 e. The third-order valence-electron chi connectivity index (χ3n) is 8.44. The Morgan fingerprint density at radius 2 is 1.76 bits per heavy atom. The summed E-state index contributed by atoms with van der Waals surface area (Å²) in [6.07, 6.45) is 3.56. The molecule has 282 valence electrons. The molecule has 0 spiro atoms. The van der Waals surface area contributed by atoms with E-state index in [1.807, 2.05) is 48.3 Å². The highest BCUT2D eigenvalue weighted by Gasteiger charge is 2.25. The normalized spacial score (nSPS) is 12.1. The van der Waals surface area contributed by atoms with Crippen molar-refractivity contribution in [1.82, 2.24) is 21.1 Å². The number of primary amides is 1. The van der Waals surface area contributed by atoms with Crippen LogP contribution in [0.5, 0.6) is 5.75 Å². The number of pyridine rings is 1. The molecule has 0 radical (unpaired) electrons. The van der Waals surface area contributed by atoms with Gasteiger partial charge in [-0.1, -0.05) is 44.2 Å². The zero-order valence-electron chi connectivity index (χ0n) is 30.6. The van der Waals surface area contributed by atoms with Crippen molar-refractivity contribution in [3.05, 3.63) is 95.7 Å². The minimum Gasteiger partial charge on any atom is -0.496 e. The van der Waals surface area contributed by atoms with Crippen molar-refractivity contribution in [3.63, 3.8) is 0 Å². The van der Waals surface area contributed by atoms with Gasteiger partial charge in [-0.05, 0) is 72.9 Å². The summed E-state index contributed by atoms with van der Waals surface area (Å²) in [5.74, 6) is -0.989. The van der Waals surface area contributed by atoms with Gasteiger partial charge in [0, 0.05) is 42.0 Å². The van der Waals surface area contributed by atoms with E-state index in [4.69, 9.17) is 21.0 Å². The summed E-state index contributed by atoms with van der Waals surface area (Å²) in [5, 5.41) is 18.4. The number of urea groups is 1. The van der Waals surface area contributed by atoms with Crippen LogP contribution in [-0.4, -0.2) is 61.5 Å². The zero-order chi connectivity index (χ0) is 39.2. The second-order valence-electron chi connectivity index (χ2n) is 12.7. The second-order valence-corrected chi connectivity index (χ2v) is 12.7. The number of carbonyl (C=O) groups excluding carboxylic acids is 4. The average molecular weight is 736 g/mol. The Labute approximate surface area is 313 Å². The number of fused-ring (bicyclic) bond motifs is 1. The Morgan fingerprint density at radius 3 is 2.44 bits per heavy atom. The van der Waals surface area contributed by atoms with Gasteiger partial charge in [0.05, 0.1) is 31.0 Å². The number of ether oxygens (including phenoxy) is 1. The Morgan fingerprint density at radius 1 is 1.02 bits per heavy atom. The molecule has 8 N–H and O–H groups in total. The molecule has 1 heterocycles. The molecule has 0 bridgehead atoms. The van der Waals surface area contributed by atoms with Crippen molar-refractivity contribution in [2.75, 3.05) is 30.9 Å². The number of nitrogens with two attached hydrogens (primary N) is 2. The van der Waals surface area contributed by atoms with Gasteiger partial charge in [0.15, 0.2) is 0 Å². The quantitative estimate of drug-likeness (QED) is 0.0519. The summed E-state index contributed by atoms with van der Waals surface area (Å²) in [6.45, 7) is 3.89. The number of anilines is 3. The van der Waals surface area contributed by atoms with E-state index >= 15 is 0 Å². The van der Waals surface area contributed by atoms with Gasteiger partial charge < -0.3 is 37.1 Å². The number of hydrogen-bond donors (Lipinski definition) is 6. The molecule has 5 amide bonds. The molecule has 0 aliphatic carbocycles. The van der Waals surface area contributed by atoms with Crippen LogP contribution in [0.2, 0.25) is 0 Å². The van der Waals surface area contributed by atoms with Gasteiger partial charge in [-0.15, -0.1) is 0 Å². The van der Waals surface area contributed by atoms with Crippen LogP contribution in [-0.2, 0) is 25.8 Å². The first-order chi connectivity index (χ1) is 25.9. The number of hydroxylamine groups is 1. The molecule has 2 atom stereocenters. The van der Waals surface area contributed by atoms with Crippen molar-refractivity contribution >= 4 is 57.8 Å². The van der Waals surface area contributed by atoms with Crippen LogP contribution in [0.1, 0.15) is 43.5 Å². The minimum absolute atomic E-state index is 0.0423. The summed E-state index contributed by atoms with van der Waals surface area (Å²) in [5.41, 5.74) is 17.9. The molecule has 15 nitrogen and oxygen atoms in total. The second kappa shape index (κ2) is 19.4. The number of hydrogen-bond acceptors (Lipinski definition) is 10. The van der Waals surface area contributed by atoms with Gasteiger partial charge >= 0.3 is 6.03 Å². The van der Waals surface area contributed by atoms with Crippen LogP contribution >= 0.6 is 0 Å². The summed E-state index contributed by atoms with van der Waals surface area (Å²) >= 11 is 0. The number of benzene rings is 3. The number of nitrogens with one attached hydrogen (secondary N) is 4. The van der Waals surface area contributed by atoms with E-state index in [9.17, 15) is 24.4 Å². The SMILES string of the molecule is COc1ccc(N(C)c2cc(C#N)nc3ccccc23)cc1/C=C/C(=O)NOCc1ccc(NC(=O)[C@H](CCCNC(N)=O)NC(=O)[C@@H](N)C(C)C)cc1. The molecular weight excluding hydrogens is 690 g/mol. The van der Waals surface area contributed by atoms with Crippen LogP contribution in [0.25, 0.3) is 17.0 Å². The summed E-state index contributed by atoms with van der Waals surface area (Å²) in [7, 11) is 3.42. The highest BCUT2D eigenvalue weighted by molar-refractivity contribution is 5.98. The number of nitrogens with zero attached hydrogens (tertiary/aromatic N) is 3. The smallest absolute Gasteiger partial charge is 0.312 e. The molecule has 4 aromatic rings. The lowest BCUT2D eigenvalue weighted by molar-refractivity contribution is -0.129. The number of amides is 5. The van der Waals surface area contributed by atoms with Crippen molar-refractivity contribution in [1.29, 1.82) is 5.26 Å². The van der Waals surface area contributed by atoms with E-state index in [0.29, 0.717) is 40.2 Å². The molecule has 0 unspecified atom stereocenters. The standard InChI is InChI=1S/C39H45N9O6/c1-24(2)36(41)38(51)46-32(10-7-19-43-39(42)52)37(50)45-27-14-11-25(12-15-27)23-54-47-35(49)18-13-26-20-29(16-17-34(26)53-4)48(3)33-21-28(22-40)44-31-9-6-5-8-30(31)33/h5-6,8-9,11-18,20-21,24,32,36H,7,10,19,23,41H2,1-4H3,(H,45,50)(H,46,51)(H,47,49)(H3,42,43,52)/b18-13+/t32-,36-/m0/s1. The van der Waals surface area contributed by atoms with E-state index < -0.39 is 35.8 Å². The molecule has 1 aromatic heterocycles. The Bertz CT molecular complexity index is 2030. The Hall–Kier alpha value is -6.50. The Kier molecular flexibility index (Phi) is 14.4. The summed E-state index contributed by atoms with van der Waals surface area (Å²) < 4.78 is 5.52. The number of nitriles is 1. The topological polar surface area (TPSA) is 227 Å². The molecule has 0 aliphatic heterocycles. The van der Waals surface area contributed by atoms with E-state index in [0.717, 1.165) is 16.8 Å². The lowest BCUT2D eigenvalue weighted by Crippen LogP contribution is -2.51. The van der Waals surface area contributed by atoms with Crippen molar-refractivity contribution in [3.8, 4) is 11.8 Å². The summed E-state index contributed by atoms with van der Waals surface area (Å²) in [6, 6.07) is 21.4. The monoisotopic (exact) mass is 735 g/mol. The third-order valence-corrected chi connectivity index (χ3v) is 8.44. The predicted octanol–water partition coefficient (Wildman–Crippen LogP) is 4.00. The molecule has 4 rings (SSSR count). The first kappa shape index (κ1) is 40.3. The van der Waals surface area contributed by atoms with Gasteiger partial charge in [-0.25, -0.2) is 15.3 Å². The molecule has 0 saturated carbocycles. The maximum atomic E-state index is 13.1. The molecule has 0 saturated heterocycles. The highest BCUT2D eigenvalue weighted by Crippen LogP contribution is 2.34. The number of methoxy groups -OCH3 is 1. The predicted molar refractivity (Wildman–Crippen MR) is 206 cm³/mol. The van der Waals surface area contributed by atoms with E-state index in [1.54, 1.807) is 56.3 Å². The highest BCUT2D eigenvalue weighted by atomic mass is 16.6. The lowest BCUT2D eigenvalue weighted by Gasteiger charge is -2.22. The van der Waals surface area contributed by atoms with Crippen LogP contribution in [0.3, 0.4) is 0 Å². The van der Waals surface area contributed by atoms with Gasteiger partial charge in [-0.3, -0.25) is 19.2 Å². The van der Waals surface area contributed by atoms with Gasteiger partial charge in [-0.2, -0.15) is 5.26 Å². The van der Waals surface area contributed by atoms with Crippen LogP contribution < -0.4 is 42.5 Å². The zero-order valence-corrected chi connectivity index (χ0v) is 30.6. The largest absolute Gasteiger partial charge is 0.496 e. The summed E-state index contributed by atoms with van der Waals surface area (Å²) in [4.78, 5) is 61.1. The van der Waals surface area contributed by atoms with Gasteiger partial charge in [0.25, 0.3) is 5.91 Å². The van der Waals surface area contributed by atoms with E-state index in [-0.39, 0.29) is 25.5 Å². The van der Waals surface area contributed by atoms with E-state index in [1.165, 1.54) is 13.2 Å². The molecule has 3 aromatic carbocycles. The number of aromatic nitrogens is 1. The fourth-order valence-electron chi connectivity index (χ4n) is 5.35. The van der Waals surface area contributed by atoms with Crippen LogP contribution in [0, 0.1) is 17.2 Å². The van der Waals surface area contributed by atoms with E-state index in [2.05, 4.69) is 32.5 Å². The van der Waals surface area contributed by atoms with Gasteiger partial charge in [0.2, 0.25) is 11.8 Å². The van der Waals surface area contributed by atoms with Crippen molar-refractivity contribution in [2.24, 2.45) is 17.4 Å². The molecule has 54 heavy (non-hydrogen) atoms. The first-order valence-electron chi connectivity index (χ1n) is 17.2. The number of rotatable bonds is 17. The fourth-order valence-corrected chi connectivity index (χ4v) is 5.35. The molecule has 0 fully saturated rings. The lowest BCUT2D eigenvalue weighted by atomic mass is 10.0. The van der Waals surface area contributed by atoms with Crippen molar-refractivity contribution < 1.29 is 28.8 Å². The third kappa shape index (κ3) is 11.2. The first-order valence-corrected chi connectivity index (χ1v) is 17.2.